The van der Waals surface area contributed by atoms with Gasteiger partial charge in [0.2, 0.25) is 5.91 Å². The number of benzene rings is 2. The van der Waals surface area contributed by atoms with E-state index in [4.69, 9.17) is 27.9 Å². The Morgan fingerprint density at radius 2 is 1.90 bits per heavy atom. The molecule has 2 aliphatic carbocycles. The fourth-order valence-corrected chi connectivity index (χ4v) is 5.76. The van der Waals surface area contributed by atoms with Crippen molar-refractivity contribution in [2.45, 2.75) is 36.7 Å². The first kappa shape index (κ1) is 26.3. The summed E-state index contributed by atoms with van der Waals surface area (Å²) in [6.07, 6.45) is 7.16. The molecule has 0 aliphatic heterocycles. The van der Waals surface area contributed by atoms with Gasteiger partial charge < -0.3 is 10.1 Å². The minimum atomic E-state index is -1.00. The molecule has 10 heteroatoms. The molecule has 2 atom stereocenters. The van der Waals surface area contributed by atoms with Gasteiger partial charge in [0.1, 0.15) is 18.3 Å². The monoisotopic (exact) mass is 575 g/mol. The SMILES string of the molecule is CC1(Cl)C=CC=C(OCc2cc(=O)n3[nH]c(-c4ccccc4)nc3n2)C1C(=O)NCC1(c2ccccc2Cl)CC1. The predicted molar refractivity (Wildman–Crippen MR) is 154 cm³/mol. The molecule has 204 valence electrons. The van der Waals surface area contributed by atoms with Crippen molar-refractivity contribution in [1.29, 1.82) is 0 Å². The van der Waals surface area contributed by atoms with E-state index in [0.717, 1.165) is 24.0 Å². The van der Waals surface area contributed by atoms with Gasteiger partial charge in [-0.15, -0.1) is 11.6 Å². The lowest BCUT2D eigenvalue weighted by atomic mass is 9.86. The number of alkyl halides is 1. The van der Waals surface area contributed by atoms with Gasteiger partial charge in [0.15, 0.2) is 5.82 Å². The first-order valence-corrected chi connectivity index (χ1v) is 13.8. The Morgan fingerprint density at radius 3 is 2.65 bits per heavy atom. The van der Waals surface area contributed by atoms with Gasteiger partial charge in [-0.3, -0.25) is 14.7 Å². The second-order valence-corrected chi connectivity index (χ2v) is 11.7. The number of aromatic amines is 1. The molecule has 40 heavy (non-hydrogen) atoms. The first-order valence-electron chi connectivity index (χ1n) is 13.0. The highest BCUT2D eigenvalue weighted by Crippen LogP contribution is 2.50. The molecule has 2 N–H and O–H groups in total. The molecule has 2 aromatic heterocycles. The van der Waals surface area contributed by atoms with E-state index in [1.54, 1.807) is 25.2 Å². The van der Waals surface area contributed by atoms with Crippen molar-refractivity contribution in [3.63, 3.8) is 0 Å². The van der Waals surface area contributed by atoms with Crippen molar-refractivity contribution in [3.8, 4) is 11.4 Å². The third-order valence-electron chi connectivity index (χ3n) is 7.51. The van der Waals surface area contributed by atoms with Crippen LogP contribution in [0.2, 0.25) is 5.02 Å². The van der Waals surface area contributed by atoms with Crippen LogP contribution in [0.4, 0.5) is 0 Å². The maximum absolute atomic E-state index is 13.5. The number of hydrogen-bond acceptors (Lipinski definition) is 5. The molecule has 0 saturated heterocycles. The molecular formula is C30H27Cl2N5O3. The average Bonchev–Trinajstić information content (AvgIpc) is 3.60. The van der Waals surface area contributed by atoms with E-state index in [1.165, 1.54) is 10.6 Å². The Bertz CT molecular complexity index is 1700. The van der Waals surface area contributed by atoms with E-state index in [1.807, 2.05) is 54.6 Å². The molecule has 2 aromatic carbocycles. The lowest BCUT2D eigenvalue weighted by molar-refractivity contribution is -0.125. The number of H-pyrrole nitrogens is 1. The maximum atomic E-state index is 13.5. The number of nitrogens with one attached hydrogen (secondary N) is 2. The second-order valence-electron chi connectivity index (χ2n) is 10.4. The number of fused-ring (bicyclic) bond motifs is 1. The van der Waals surface area contributed by atoms with Crippen LogP contribution in [0.1, 0.15) is 31.0 Å². The summed E-state index contributed by atoms with van der Waals surface area (Å²) in [6.45, 7) is 2.20. The fraction of sp³-hybridized carbons (Fsp3) is 0.267. The zero-order valence-electron chi connectivity index (χ0n) is 21.7. The number of carbonyl (C=O) groups excluding carboxylic acids is 1. The van der Waals surface area contributed by atoms with E-state index >= 15 is 0 Å². The normalized spacial score (nSPS) is 21.2. The molecule has 0 spiro atoms. The topological polar surface area (TPSA) is 101 Å². The van der Waals surface area contributed by atoms with Gasteiger partial charge in [0.05, 0.1) is 10.6 Å². The van der Waals surface area contributed by atoms with Gasteiger partial charge in [-0.2, -0.15) is 9.50 Å². The highest BCUT2D eigenvalue weighted by Gasteiger charge is 2.47. The van der Waals surface area contributed by atoms with Crippen molar-refractivity contribution in [3.05, 3.63) is 111 Å². The number of aromatic nitrogens is 4. The molecular weight excluding hydrogens is 549 g/mol. The summed E-state index contributed by atoms with van der Waals surface area (Å²) in [6, 6.07) is 18.6. The van der Waals surface area contributed by atoms with Gasteiger partial charge >= 0.3 is 0 Å². The van der Waals surface area contributed by atoms with E-state index in [-0.39, 0.29) is 29.3 Å². The molecule has 4 aromatic rings. The van der Waals surface area contributed by atoms with Crippen molar-refractivity contribution >= 4 is 34.9 Å². The molecule has 1 amide bonds. The van der Waals surface area contributed by atoms with Crippen LogP contribution in [-0.2, 0) is 21.6 Å². The second kappa shape index (κ2) is 10.3. The summed E-state index contributed by atoms with van der Waals surface area (Å²) in [4.78, 5) is 34.3. The van der Waals surface area contributed by atoms with E-state index in [9.17, 15) is 9.59 Å². The summed E-state index contributed by atoms with van der Waals surface area (Å²) in [5, 5.41) is 6.78. The third-order valence-corrected chi connectivity index (χ3v) is 8.18. The zero-order chi connectivity index (χ0) is 27.9. The highest BCUT2D eigenvalue weighted by molar-refractivity contribution is 6.31. The summed E-state index contributed by atoms with van der Waals surface area (Å²) >= 11 is 13.3. The first-order chi connectivity index (χ1) is 19.3. The van der Waals surface area contributed by atoms with E-state index < -0.39 is 10.8 Å². The predicted octanol–water partition coefficient (Wildman–Crippen LogP) is 5.17. The van der Waals surface area contributed by atoms with Crippen LogP contribution < -0.4 is 10.9 Å². The van der Waals surface area contributed by atoms with E-state index in [0.29, 0.717) is 28.8 Å². The lowest BCUT2D eigenvalue weighted by Crippen LogP contribution is -2.45. The number of ether oxygens (including phenoxy) is 1. The van der Waals surface area contributed by atoms with Crippen LogP contribution in [0.3, 0.4) is 0 Å². The minimum Gasteiger partial charge on any atom is -0.491 e. The van der Waals surface area contributed by atoms with E-state index in [2.05, 4.69) is 20.4 Å². The highest BCUT2D eigenvalue weighted by atomic mass is 35.5. The summed E-state index contributed by atoms with van der Waals surface area (Å²) in [5.41, 5.74) is 1.78. The maximum Gasteiger partial charge on any atom is 0.274 e. The van der Waals surface area contributed by atoms with Crippen LogP contribution in [0, 0.1) is 5.92 Å². The van der Waals surface area contributed by atoms with Crippen LogP contribution in [-0.4, -0.2) is 36.9 Å². The molecule has 0 radical (unpaired) electrons. The van der Waals surface area contributed by atoms with Crippen molar-refractivity contribution < 1.29 is 9.53 Å². The number of amides is 1. The van der Waals surface area contributed by atoms with Crippen LogP contribution in [0.15, 0.2) is 89.4 Å². The van der Waals surface area contributed by atoms with Crippen molar-refractivity contribution in [1.82, 2.24) is 24.9 Å². The Labute approximate surface area is 240 Å². The number of halogens is 2. The summed E-state index contributed by atoms with van der Waals surface area (Å²) in [7, 11) is 0. The number of hydrogen-bond donors (Lipinski definition) is 2. The fourth-order valence-electron chi connectivity index (χ4n) is 5.14. The molecule has 1 fully saturated rings. The van der Waals surface area contributed by atoms with Gasteiger partial charge in [0, 0.05) is 28.6 Å². The summed E-state index contributed by atoms with van der Waals surface area (Å²) < 4.78 is 7.36. The molecule has 2 aliphatic rings. The zero-order valence-corrected chi connectivity index (χ0v) is 23.2. The van der Waals surface area contributed by atoms with Crippen LogP contribution >= 0.6 is 23.2 Å². The molecule has 1 saturated carbocycles. The van der Waals surface area contributed by atoms with Gasteiger partial charge in [0.25, 0.3) is 11.3 Å². The largest absolute Gasteiger partial charge is 0.491 e. The van der Waals surface area contributed by atoms with Crippen LogP contribution in [0.5, 0.6) is 0 Å². The Morgan fingerprint density at radius 1 is 1.15 bits per heavy atom. The molecule has 2 unspecified atom stereocenters. The Kier molecular flexibility index (Phi) is 6.76. The lowest BCUT2D eigenvalue weighted by Gasteiger charge is -2.33. The molecule has 6 rings (SSSR count). The van der Waals surface area contributed by atoms with Gasteiger partial charge in [-0.05, 0) is 37.5 Å². The third kappa shape index (κ3) is 5.05. The summed E-state index contributed by atoms with van der Waals surface area (Å²) in [5.74, 6) is 0.140. The van der Waals surface area contributed by atoms with Gasteiger partial charge in [-0.1, -0.05) is 72.3 Å². The smallest absolute Gasteiger partial charge is 0.274 e. The number of allylic oxidation sites excluding steroid dienone is 3. The average molecular weight is 576 g/mol. The quantitative estimate of drug-likeness (QED) is 0.282. The van der Waals surface area contributed by atoms with Crippen LogP contribution in [0.25, 0.3) is 17.2 Å². The number of carbonyl (C=O) groups is 1. The Balaban J connectivity index is 1.18. The van der Waals surface area contributed by atoms with Crippen molar-refractivity contribution in [2.24, 2.45) is 5.92 Å². The van der Waals surface area contributed by atoms with Crippen molar-refractivity contribution in [2.75, 3.05) is 6.54 Å². The molecule has 0 bridgehead atoms. The van der Waals surface area contributed by atoms with Gasteiger partial charge in [-0.25, -0.2) is 4.98 Å². The Hall–Kier alpha value is -3.88. The standard InChI is InChI=1S/C30H27Cl2N5O3/c1-29(32)13-7-12-23(25(29)27(39)33-18-30(14-15-30)21-10-5-6-11-22(21)31)40-17-20-16-24(38)37-28(34-20)35-26(36-37)19-8-3-2-4-9-19/h2-13,16,25H,14-15,17-18H2,1H3,(H,33,39)(H,34,35,36). The minimum absolute atomic E-state index is 0.0285. The molecule has 8 nitrogen and oxygen atoms in total. The number of nitrogens with zero attached hydrogens (tertiary/aromatic N) is 3. The number of rotatable bonds is 8. The molecule has 2 heterocycles.